The van der Waals surface area contributed by atoms with Crippen LogP contribution in [0.1, 0.15) is 12.5 Å². The number of rotatable bonds is 6. The predicted molar refractivity (Wildman–Crippen MR) is 85.7 cm³/mol. The van der Waals surface area contributed by atoms with Gasteiger partial charge in [0.15, 0.2) is 0 Å². The van der Waals surface area contributed by atoms with E-state index in [1.165, 1.54) is 18.2 Å². The van der Waals surface area contributed by atoms with E-state index in [1.807, 2.05) is 13.0 Å². The van der Waals surface area contributed by atoms with Crippen molar-refractivity contribution in [3.05, 3.63) is 52.8 Å². The first kappa shape index (κ1) is 16.6. The minimum Gasteiger partial charge on any atom is -0.481 e. The van der Waals surface area contributed by atoms with Crippen LogP contribution in [-0.2, 0) is 11.2 Å². The van der Waals surface area contributed by atoms with Crippen molar-refractivity contribution in [3.8, 4) is 11.5 Å². The summed E-state index contributed by atoms with van der Waals surface area (Å²) in [5.74, 6) is -0.0412. The molecule has 0 aliphatic carbocycles. The summed E-state index contributed by atoms with van der Waals surface area (Å²) in [7, 11) is 0. The number of carbonyl (C=O) groups is 1. The summed E-state index contributed by atoms with van der Waals surface area (Å²) in [5, 5.41) is 9.20. The van der Waals surface area contributed by atoms with Gasteiger partial charge in [0.05, 0.1) is 11.4 Å². The van der Waals surface area contributed by atoms with Gasteiger partial charge in [0.1, 0.15) is 17.3 Å². The summed E-state index contributed by atoms with van der Waals surface area (Å²) in [6.07, 6.45) is -0.270. The third-order valence-corrected chi connectivity index (χ3v) is 3.90. The van der Waals surface area contributed by atoms with Crippen molar-refractivity contribution in [1.82, 2.24) is 0 Å². The largest absolute Gasteiger partial charge is 0.481 e. The van der Waals surface area contributed by atoms with Crippen LogP contribution >= 0.6 is 23.4 Å². The minimum absolute atomic E-state index is 0.217. The predicted octanol–water partition coefficient (Wildman–Crippen LogP) is 5.01. The van der Waals surface area contributed by atoms with E-state index in [0.29, 0.717) is 16.3 Å². The van der Waals surface area contributed by atoms with E-state index in [1.54, 1.807) is 23.9 Å². The fourth-order valence-electron chi connectivity index (χ4n) is 1.90. The Labute approximate surface area is 137 Å². The summed E-state index contributed by atoms with van der Waals surface area (Å²) >= 11 is 7.80. The molecule has 2 rings (SSSR count). The molecule has 0 amide bonds. The molecule has 0 unspecified atom stereocenters. The van der Waals surface area contributed by atoms with Gasteiger partial charge in [-0.25, -0.2) is 4.39 Å². The van der Waals surface area contributed by atoms with Gasteiger partial charge in [-0.1, -0.05) is 18.5 Å². The maximum Gasteiger partial charge on any atom is 0.307 e. The van der Waals surface area contributed by atoms with Crippen LogP contribution in [0.4, 0.5) is 4.39 Å². The highest BCUT2D eigenvalue weighted by molar-refractivity contribution is 7.99. The van der Waals surface area contributed by atoms with Crippen LogP contribution in [0.15, 0.2) is 41.3 Å². The number of ether oxygens (including phenoxy) is 1. The zero-order valence-electron chi connectivity index (χ0n) is 11.8. The van der Waals surface area contributed by atoms with Gasteiger partial charge >= 0.3 is 5.97 Å². The molecule has 0 saturated carbocycles. The lowest BCUT2D eigenvalue weighted by molar-refractivity contribution is -0.136. The maximum atomic E-state index is 13.5. The molecule has 1 N–H and O–H groups in total. The Hall–Kier alpha value is -1.72. The van der Waals surface area contributed by atoms with Crippen molar-refractivity contribution in [2.24, 2.45) is 0 Å². The minimum atomic E-state index is -1.03. The van der Waals surface area contributed by atoms with Crippen LogP contribution in [-0.4, -0.2) is 16.8 Å². The van der Waals surface area contributed by atoms with Crippen molar-refractivity contribution >= 4 is 29.3 Å². The van der Waals surface area contributed by atoms with E-state index in [0.717, 1.165) is 10.6 Å². The van der Waals surface area contributed by atoms with Gasteiger partial charge < -0.3 is 9.84 Å². The molecule has 2 aromatic rings. The quantitative estimate of drug-likeness (QED) is 0.751. The molecule has 0 aromatic heterocycles. The molecule has 0 aliphatic heterocycles. The Morgan fingerprint density at radius 1 is 1.32 bits per heavy atom. The van der Waals surface area contributed by atoms with Crippen molar-refractivity contribution in [3.63, 3.8) is 0 Å². The number of carboxylic acids is 1. The zero-order chi connectivity index (χ0) is 16.1. The zero-order valence-corrected chi connectivity index (χ0v) is 13.4. The standard InChI is InChI=1S/C16H14ClFO3S/c1-2-22-13-3-4-15(14(17)9-13)21-12-6-10(7-16(19)20)5-11(18)8-12/h3-6,8-9H,2,7H2,1H3,(H,19,20). The number of aliphatic carboxylic acids is 1. The van der Waals surface area contributed by atoms with Gasteiger partial charge in [-0.3, -0.25) is 4.79 Å². The number of thioether (sulfide) groups is 1. The highest BCUT2D eigenvalue weighted by atomic mass is 35.5. The normalized spacial score (nSPS) is 10.5. The average Bonchev–Trinajstić information content (AvgIpc) is 2.41. The molecule has 3 nitrogen and oxygen atoms in total. The Morgan fingerprint density at radius 3 is 2.73 bits per heavy atom. The molecular weight excluding hydrogens is 327 g/mol. The van der Waals surface area contributed by atoms with Crippen LogP contribution in [0.25, 0.3) is 0 Å². The number of halogens is 2. The molecule has 116 valence electrons. The van der Waals surface area contributed by atoms with Crippen molar-refractivity contribution in [2.45, 2.75) is 18.2 Å². The van der Waals surface area contributed by atoms with E-state index in [-0.39, 0.29) is 12.2 Å². The number of hydrogen-bond acceptors (Lipinski definition) is 3. The monoisotopic (exact) mass is 340 g/mol. The van der Waals surface area contributed by atoms with E-state index < -0.39 is 11.8 Å². The summed E-state index contributed by atoms with van der Waals surface area (Å²) in [5.41, 5.74) is 0.330. The second kappa shape index (κ2) is 7.51. The van der Waals surface area contributed by atoms with Crippen molar-refractivity contribution < 1.29 is 19.0 Å². The molecule has 6 heteroatoms. The van der Waals surface area contributed by atoms with Gasteiger partial charge in [0.2, 0.25) is 0 Å². The van der Waals surface area contributed by atoms with Gasteiger partial charge in [-0.05, 0) is 41.6 Å². The van der Waals surface area contributed by atoms with Crippen LogP contribution < -0.4 is 4.74 Å². The molecule has 0 aliphatic rings. The second-order valence-corrected chi connectivity index (χ2v) is 6.24. The van der Waals surface area contributed by atoms with Gasteiger partial charge in [-0.15, -0.1) is 11.8 Å². The van der Waals surface area contributed by atoms with Gasteiger partial charge in [0.25, 0.3) is 0 Å². The molecule has 0 heterocycles. The summed E-state index contributed by atoms with van der Waals surface area (Å²) in [6.45, 7) is 2.04. The first-order chi connectivity index (χ1) is 10.5. The smallest absolute Gasteiger partial charge is 0.307 e. The van der Waals surface area contributed by atoms with E-state index in [2.05, 4.69) is 0 Å². The first-order valence-electron chi connectivity index (χ1n) is 6.59. The lowest BCUT2D eigenvalue weighted by Gasteiger charge is -2.10. The summed E-state index contributed by atoms with van der Waals surface area (Å²) in [6, 6.07) is 9.21. The van der Waals surface area contributed by atoms with Gasteiger partial charge in [-0.2, -0.15) is 0 Å². The number of hydrogen-bond donors (Lipinski definition) is 1. The molecular formula is C16H14ClFO3S. The Bertz CT molecular complexity index is 691. The highest BCUT2D eigenvalue weighted by Gasteiger charge is 2.09. The Balaban J connectivity index is 2.23. The molecule has 0 bridgehead atoms. The topological polar surface area (TPSA) is 46.5 Å². The van der Waals surface area contributed by atoms with Crippen LogP contribution in [0, 0.1) is 5.82 Å². The van der Waals surface area contributed by atoms with E-state index in [9.17, 15) is 9.18 Å². The fraction of sp³-hybridized carbons (Fsp3) is 0.188. The van der Waals surface area contributed by atoms with E-state index >= 15 is 0 Å². The summed E-state index contributed by atoms with van der Waals surface area (Å²) < 4.78 is 19.1. The van der Waals surface area contributed by atoms with E-state index in [4.69, 9.17) is 21.4 Å². The van der Waals surface area contributed by atoms with Gasteiger partial charge in [0, 0.05) is 11.0 Å². The van der Waals surface area contributed by atoms with Crippen molar-refractivity contribution in [2.75, 3.05) is 5.75 Å². The van der Waals surface area contributed by atoms with Crippen LogP contribution in [0.3, 0.4) is 0 Å². The Kier molecular flexibility index (Phi) is 5.69. The third kappa shape index (κ3) is 4.64. The molecule has 0 atom stereocenters. The maximum absolute atomic E-state index is 13.5. The molecule has 0 saturated heterocycles. The number of carboxylic acid groups (broad SMARTS) is 1. The number of benzene rings is 2. The Morgan fingerprint density at radius 2 is 2.09 bits per heavy atom. The average molecular weight is 341 g/mol. The molecule has 0 fully saturated rings. The lowest BCUT2D eigenvalue weighted by atomic mass is 10.1. The molecule has 0 radical (unpaired) electrons. The lowest BCUT2D eigenvalue weighted by Crippen LogP contribution is -2.00. The fourth-order valence-corrected chi connectivity index (χ4v) is 2.89. The molecule has 0 spiro atoms. The summed E-state index contributed by atoms with van der Waals surface area (Å²) in [4.78, 5) is 11.7. The third-order valence-electron chi connectivity index (χ3n) is 2.73. The SMILES string of the molecule is CCSc1ccc(Oc2cc(F)cc(CC(=O)O)c2)c(Cl)c1. The second-order valence-electron chi connectivity index (χ2n) is 4.49. The first-order valence-corrected chi connectivity index (χ1v) is 7.95. The van der Waals surface area contributed by atoms with Crippen LogP contribution in [0.5, 0.6) is 11.5 Å². The van der Waals surface area contributed by atoms with Crippen molar-refractivity contribution in [1.29, 1.82) is 0 Å². The molecule has 2 aromatic carbocycles. The molecule has 22 heavy (non-hydrogen) atoms. The van der Waals surface area contributed by atoms with Crippen LogP contribution in [0.2, 0.25) is 5.02 Å². The highest BCUT2D eigenvalue weighted by Crippen LogP contribution is 2.33.